The number of para-hydroxylation sites is 2. The van der Waals surface area contributed by atoms with Crippen LogP contribution in [0.5, 0.6) is 0 Å². The van der Waals surface area contributed by atoms with Crippen molar-refractivity contribution in [3.05, 3.63) is 42.1 Å². The highest BCUT2D eigenvalue weighted by Gasteiger charge is 2.21. The van der Waals surface area contributed by atoms with Crippen molar-refractivity contribution in [1.29, 1.82) is 5.26 Å². The van der Waals surface area contributed by atoms with E-state index in [1.165, 1.54) is 0 Å². The lowest BCUT2D eigenvalue weighted by Crippen LogP contribution is -2.27. The quantitative estimate of drug-likeness (QED) is 0.591. The zero-order valence-electron chi connectivity index (χ0n) is 15.1. The third-order valence-electron chi connectivity index (χ3n) is 5.16. The molecule has 0 amide bonds. The highest BCUT2D eigenvalue weighted by atomic mass is 19.1. The van der Waals surface area contributed by atoms with E-state index >= 15 is 0 Å². The van der Waals surface area contributed by atoms with Crippen molar-refractivity contribution >= 4 is 33.7 Å². The fraction of sp³-hybridized carbons (Fsp3) is 0.300. The van der Waals surface area contributed by atoms with E-state index in [0.717, 1.165) is 29.5 Å². The van der Waals surface area contributed by atoms with Crippen molar-refractivity contribution < 1.29 is 4.39 Å². The molecule has 0 unspecified atom stereocenters. The highest BCUT2D eigenvalue weighted by molar-refractivity contribution is 5.91. The van der Waals surface area contributed by atoms with Gasteiger partial charge in [0.25, 0.3) is 0 Å². The second kappa shape index (κ2) is 6.69. The SMILES string of the molecule is N#Cc1cc2cnc(NCCN3CC[C@H](F)C3)nc2n2c1nc1ccccc12. The van der Waals surface area contributed by atoms with E-state index in [9.17, 15) is 9.65 Å². The van der Waals surface area contributed by atoms with Gasteiger partial charge >= 0.3 is 0 Å². The normalized spacial score (nSPS) is 17.5. The van der Waals surface area contributed by atoms with E-state index in [2.05, 4.69) is 31.2 Å². The van der Waals surface area contributed by atoms with Crippen LogP contribution in [0.3, 0.4) is 0 Å². The van der Waals surface area contributed by atoms with Crippen molar-refractivity contribution in [3.8, 4) is 6.07 Å². The Hall–Kier alpha value is -3.31. The number of nitriles is 1. The van der Waals surface area contributed by atoms with E-state index in [4.69, 9.17) is 0 Å². The number of nitrogens with zero attached hydrogens (tertiary/aromatic N) is 6. The van der Waals surface area contributed by atoms with Gasteiger partial charge in [0.2, 0.25) is 5.95 Å². The van der Waals surface area contributed by atoms with Crippen molar-refractivity contribution in [2.75, 3.05) is 31.5 Å². The van der Waals surface area contributed by atoms with Gasteiger partial charge in [-0.25, -0.2) is 14.4 Å². The molecule has 28 heavy (non-hydrogen) atoms. The molecule has 0 spiro atoms. The lowest BCUT2D eigenvalue weighted by molar-refractivity contribution is 0.295. The average molecular weight is 375 g/mol. The summed E-state index contributed by atoms with van der Waals surface area (Å²) in [6.07, 6.45) is 1.61. The number of nitrogens with one attached hydrogen (secondary N) is 1. The van der Waals surface area contributed by atoms with Crippen LogP contribution in [-0.4, -0.2) is 56.6 Å². The molecular formula is C20H18FN7. The predicted octanol–water partition coefficient (Wildman–Crippen LogP) is 2.76. The number of hydrogen-bond acceptors (Lipinski definition) is 6. The molecule has 1 fully saturated rings. The van der Waals surface area contributed by atoms with Gasteiger partial charge in [-0.05, 0) is 24.6 Å². The summed E-state index contributed by atoms with van der Waals surface area (Å²) >= 11 is 0. The first kappa shape index (κ1) is 16.8. The zero-order chi connectivity index (χ0) is 19.1. The molecule has 1 saturated heterocycles. The molecule has 1 atom stereocenters. The van der Waals surface area contributed by atoms with E-state index in [0.29, 0.717) is 42.3 Å². The highest BCUT2D eigenvalue weighted by Crippen LogP contribution is 2.25. The van der Waals surface area contributed by atoms with E-state index < -0.39 is 6.17 Å². The second-order valence-corrected chi connectivity index (χ2v) is 7.02. The molecule has 1 aromatic carbocycles. The van der Waals surface area contributed by atoms with Crippen LogP contribution < -0.4 is 5.32 Å². The predicted molar refractivity (Wildman–Crippen MR) is 105 cm³/mol. The number of rotatable bonds is 4. The summed E-state index contributed by atoms with van der Waals surface area (Å²) in [5.41, 5.74) is 3.49. The van der Waals surface area contributed by atoms with Gasteiger partial charge in [-0.2, -0.15) is 10.2 Å². The van der Waals surface area contributed by atoms with Gasteiger partial charge in [0.15, 0.2) is 11.3 Å². The van der Waals surface area contributed by atoms with Crippen LogP contribution in [0.1, 0.15) is 12.0 Å². The number of fused-ring (bicyclic) bond motifs is 5. The summed E-state index contributed by atoms with van der Waals surface area (Å²) in [7, 11) is 0. The number of benzene rings is 1. The van der Waals surface area contributed by atoms with Crippen LogP contribution in [0, 0.1) is 11.3 Å². The summed E-state index contributed by atoms with van der Waals surface area (Å²) in [4.78, 5) is 15.8. The minimum atomic E-state index is -0.714. The van der Waals surface area contributed by atoms with Crippen LogP contribution in [0.25, 0.3) is 27.7 Å². The molecule has 0 bridgehead atoms. The molecule has 1 N–H and O–H groups in total. The number of anilines is 1. The Kier molecular flexibility index (Phi) is 4.02. The Balaban J connectivity index is 1.53. The molecule has 5 rings (SSSR count). The Labute approximate surface area is 160 Å². The fourth-order valence-corrected chi connectivity index (χ4v) is 3.79. The van der Waals surface area contributed by atoms with E-state index in [1.807, 2.05) is 28.7 Å². The molecule has 8 heteroatoms. The molecule has 0 saturated carbocycles. The van der Waals surface area contributed by atoms with Crippen LogP contribution in [0.4, 0.5) is 10.3 Å². The largest absolute Gasteiger partial charge is 0.353 e. The van der Waals surface area contributed by atoms with Crippen molar-refractivity contribution in [2.24, 2.45) is 0 Å². The Morgan fingerprint density at radius 2 is 2.14 bits per heavy atom. The lowest BCUT2D eigenvalue weighted by Gasteiger charge is -2.14. The van der Waals surface area contributed by atoms with Gasteiger partial charge in [-0.3, -0.25) is 9.30 Å². The number of imidazole rings is 1. The number of hydrogen-bond donors (Lipinski definition) is 1. The molecule has 0 aliphatic carbocycles. The van der Waals surface area contributed by atoms with Crippen molar-refractivity contribution in [1.82, 2.24) is 24.3 Å². The number of halogens is 1. The number of aromatic nitrogens is 4. The van der Waals surface area contributed by atoms with Crippen LogP contribution >= 0.6 is 0 Å². The maximum atomic E-state index is 13.3. The third kappa shape index (κ3) is 2.80. The van der Waals surface area contributed by atoms with E-state index in [1.54, 1.807) is 12.3 Å². The smallest absolute Gasteiger partial charge is 0.224 e. The monoisotopic (exact) mass is 375 g/mol. The summed E-state index contributed by atoms with van der Waals surface area (Å²) in [5.74, 6) is 0.507. The number of pyridine rings is 1. The molecule has 4 aromatic rings. The minimum Gasteiger partial charge on any atom is -0.353 e. The van der Waals surface area contributed by atoms with Gasteiger partial charge in [0, 0.05) is 37.8 Å². The maximum Gasteiger partial charge on any atom is 0.224 e. The average Bonchev–Trinajstić information content (AvgIpc) is 3.31. The molecule has 7 nitrogen and oxygen atoms in total. The van der Waals surface area contributed by atoms with Gasteiger partial charge in [0.05, 0.1) is 16.6 Å². The summed E-state index contributed by atoms with van der Waals surface area (Å²) in [6, 6.07) is 11.7. The lowest BCUT2D eigenvalue weighted by atomic mass is 10.2. The van der Waals surface area contributed by atoms with Crippen molar-refractivity contribution in [2.45, 2.75) is 12.6 Å². The minimum absolute atomic E-state index is 0.489. The van der Waals surface area contributed by atoms with Gasteiger partial charge in [-0.15, -0.1) is 0 Å². The Bertz CT molecular complexity index is 1230. The van der Waals surface area contributed by atoms with E-state index in [-0.39, 0.29) is 0 Å². The molecular weight excluding hydrogens is 357 g/mol. The van der Waals surface area contributed by atoms with Gasteiger partial charge < -0.3 is 5.32 Å². The molecule has 3 aromatic heterocycles. The van der Waals surface area contributed by atoms with Crippen LogP contribution in [0.15, 0.2) is 36.5 Å². The van der Waals surface area contributed by atoms with Gasteiger partial charge in [0.1, 0.15) is 12.2 Å². The number of alkyl halides is 1. The topological polar surface area (TPSA) is 82.1 Å². The molecule has 0 radical (unpaired) electrons. The fourth-order valence-electron chi connectivity index (χ4n) is 3.79. The molecule has 140 valence electrons. The standard InChI is InChI=1S/C20H18FN7/c21-15-5-7-27(12-15)8-6-23-20-24-11-14-9-13(10-22)18-25-16-3-1-2-4-17(16)28(18)19(14)26-20/h1-4,9,11,15H,5-8,12H2,(H,23,24,26)/t15-/m0/s1. The Morgan fingerprint density at radius 3 is 2.96 bits per heavy atom. The second-order valence-electron chi connectivity index (χ2n) is 7.02. The number of likely N-dealkylation sites (tertiary alicyclic amines) is 1. The first-order valence-corrected chi connectivity index (χ1v) is 9.30. The first-order valence-electron chi connectivity index (χ1n) is 9.30. The molecule has 4 heterocycles. The summed E-state index contributed by atoms with van der Waals surface area (Å²) in [6.45, 7) is 2.68. The maximum absolute atomic E-state index is 13.3. The van der Waals surface area contributed by atoms with Crippen LogP contribution in [-0.2, 0) is 0 Å². The summed E-state index contributed by atoms with van der Waals surface area (Å²) in [5, 5.41) is 13.5. The zero-order valence-corrected chi connectivity index (χ0v) is 15.1. The van der Waals surface area contributed by atoms with Crippen molar-refractivity contribution in [3.63, 3.8) is 0 Å². The third-order valence-corrected chi connectivity index (χ3v) is 5.16. The molecule has 1 aliphatic heterocycles. The van der Waals surface area contributed by atoms with Crippen LogP contribution in [0.2, 0.25) is 0 Å². The Morgan fingerprint density at radius 1 is 1.25 bits per heavy atom. The first-order chi connectivity index (χ1) is 13.7. The molecule has 1 aliphatic rings. The summed E-state index contributed by atoms with van der Waals surface area (Å²) < 4.78 is 15.2. The van der Waals surface area contributed by atoms with Gasteiger partial charge in [-0.1, -0.05) is 12.1 Å².